The van der Waals surface area contributed by atoms with Crippen LogP contribution in [0.5, 0.6) is 0 Å². The van der Waals surface area contributed by atoms with Crippen LogP contribution in [0.25, 0.3) is 0 Å². The summed E-state index contributed by atoms with van der Waals surface area (Å²) in [6, 6.07) is 0. The average Bonchev–Trinajstić information content (AvgIpc) is 3.96. The predicted molar refractivity (Wildman–Crippen MR) is 335 cm³/mol. The summed E-state index contributed by atoms with van der Waals surface area (Å²) in [5.74, 6) is 5.27. The fraction of sp³-hybridized carbons (Fsp3) is 0.591. The number of oxazole rings is 1. The molecule has 0 atom stereocenters. The van der Waals surface area contributed by atoms with E-state index in [0.717, 1.165) is 46.1 Å². The molecule has 8 heterocycles. The summed E-state index contributed by atoms with van der Waals surface area (Å²) in [4.78, 5) is 10.2. The number of pyridine rings is 1. The second-order valence-electron chi connectivity index (χ2n) is 22.6. The monoisotopic (exact) mass is 1150 g/mol. The smallest absolute Gasteiger partial charge is 0.343 e. The van der Waals surface area contributed by atoms with Gasteiger partial charge >= 0.3 is 12.1 Å². The maximum Gasteiger partial charge on any atom is 0.343 e. The first-order valence-corrected chi connectivity index (χ1v) is 29.5. The summed E-state index contributed by atoms with van der Waals surface area (Å²) in [5.41, 5.74) is 25.8. The Bertz CT molecular complexity index is 2910. The molecular formula is C66H115N14OS+9. The lowest BCUT2D eigenvalue weighted by Gasteiger charge is -2.09. The van der Waals surface area contributed by atoms with Gasteiger partial charge < -0.3 is 4.42 Å². The molecule has 7 aromatic rings. The largest absolute Gasteiger partial charge is 0.407 e. The quantitative estimate of drug-likeness (QED) is 0.142. The lowest BCUT2D eigenvalue weighted by atomic mass is 10.0. The van der Waals surface area contributed by atoms with Gasteiger partial charge in [-0.1, -0.05) is 21.0 Å². The summed E-state index contributed by atoms with van der Waals surface area (Å²) in [6.07, 6.45) is 0.528. The number of thiazole rings is 1. The number of hydrogen-bond donors (Lipinski definition) is 0. The lowest BCUT2D eigenvalue weighted by Crippen LogP contribution is -2.38. The van der Waals surface area contributed by atoms with Crippen LogP contribution in [0.1, 0.15) is 161 Å². The van der Waals surface area contributed by atoms with Gasteiger partial charge in [0.1, 0.15) is 65.1 Å². The molecule has 7 aromatic heterocycles. The third-order valence-electron chi connectivity index (χ3n) is 18.5. The number of aromatic nitrogens is 12. The van der Waals surface area contributed by atoms with Crippen LogP contribution in [-0.4, -0.2) is 65.7 Å². The van der Waals surface area contributed by atoms with Gasteiger partial charge in [0.2, 0.25) is 33.6 Å². The van der Waals surface area contributed by atoms with Crippen LogP contribution in [0.4, 0.5) is 0 Å². The van der Waals surface area contributed by atoms with Crippen molar-refractivity contribution in [2.75, 3.05) is 14.1 Å². The molecule has 15 nitrogen and oxygen atoms in total. The van der Waals surface area contributed by atoms with Crippen LogP contribution in [-0.2, 0) is 56.4 Å². The average molecular weight is 1150 g/mol. The van der Waals surface area contributed by atoms with Gasteiger partial charge in [-0.25, -0.2) is 18.7 Å². The molecular weight excluding hydrogens is 1040 g/mol. The Kier molecular flexibility index (Phi) is 28.2. The van der Waals surface area contributed by atoms with Crippen LogP contribution < -0.4 is 32.1 Å². The van der Waals surface area contributed by atoms with E-state index in [4.69, 9.17) is 4.42 Å². The van der Waals surface area contributed by atoms with Crippen molar-refractivity contribution in [2.45, 2.75) is 200 Å². The minimum atomic E-state index is 0.528. The number of aryl methyl sites for hydroxylation is 12. The third-order valence-corrected chi connectivity index (χ3v) is 19.6. The highest BCUT2D eigenvalue weighted by Crippen LogP contribution is 2.16. The first kappa shape index (κ1) is 73.7. The van der Waals surface area contributed by atoms with E-state index in [2.05, 4.69) is 219 Å². The van der Waals surface area contributed by atoms with Crippen LogP contribution in [0.15, 0.2) is 4.42 Å². The van der Waals surface area contributed by atoms with E-state index in [1.807, 2.05) is 123 Å². The van der Waals surface area contributed by atoms with Crippen LogP contribution in [0.2, 0.25) is 0 Å². The second-order valence-corrected chi connectivity index (χ2v) is 24.0. The van der Waals surface area contributed by atoms with Crippen molar-refractivity contribution in [2.24, 2.45) is 56.4 Å². The molecule has 0 radical (unpaired) electrons. The van der Waals surface area contributed by atoms with Crippen molar-refractivity contribution in [1.29, 1.82) is 0 Å². The zero-order valence-electron chi connectivity index (χ0n) is 59.2. The Labute approximate surface area is 502 Å². The zero-order valence-corrected chi connectivity index (χ0v) is 60.0. The van der Waals surface area contributed by atoms with E-state index in [0.29, 0.717) is 6.17 Å². The SMILES string of the molecule is CC1=[N+](C)C(C)[N+](C)=C1C.Cc1c(C)c(C)[n+](C)c(C)c1C.Cc1n[n+](C)c(C)c(C)c1C.Cc1nc(C)[n+](C)c(C)c1C.Cc1nc(C)c(C)[n+](C)c1C.Cc1nn(C)c(C)[n+]1C.Cc1oc(C)[n+](C)c1C.Cc1sc(C)[n+](C)c1C. The van der Waals surface area contributed by atoms with Crippen LogP contribution in [0, 0.1) is 173 Å². The highest BCUT2D eigenvalue weighted by Gasteiger charge is 2.34. The van der Waals surface area contributed by atoms with Gasteiger partial charge in [0.05, 0.1) is 39.9 Å². The molecule has 0 unspecified atom stereocenters. The molecule has 0 aromatic carbocycles. The minimum absolute atomic E-state index is 0.528. The number of rotatable bonds is 0. The van der Waals surface area contributed by atoms with Crippen LogP contribution in [0.3, 0.4) is 0 Å². The van der Waals surface area contributed by atoms with Gasteiger partial charge in [-0.15, -0.1) is 4.68 Å². The number of hydrogen-bond acceptors (Lipinski definition) is 6. The minimum Gasteiger partial charge on any atom is -0.407 e. The van der Waals surface area contributed by atoms with Crippen molar-refractivity contribution in [3.63, 3.8) is 0 Å². The summed E-state index contributed by atoms with van der Waals surface area (Å²) >= 11 is 1.86. The fourth-order valence-corrected chi connectivity index (χ4v) is 9.86. The molecule has 0 spiro atoms. The maximum atomic E-state index is 5.31. The summed E-state index contributed by atoms with van der Waals surface area (Å²) in [5, 5.41) is 9.92. The fourth-order valence-electron chi connectivity index (χ4n) is 8.86. The molecule has 0 bridgehead atoms. The van der Waals surface area contributed by atoms with Gasteiger partial charge in [-0.2, -0.15) is 22.9 Å². The van der Waals surface area contributed by atoms with E-state index in [9.17, 15) is 0 Å². The highest BCUT2D eigenvalue weighted by molar-refractivity contribution is 7.11. The lowest BCUT2D eigenvalue weighted by molar-refractivity contribution is -0.737. The molecule has 0 amide bonds. The first-order valence-electron chi connectivity index (χ1n) is 28.7. The Balaban J connectivity index is 0.000000469. The Morgan fingerprint density at radius 1 is 0.390 bits per heavy atom. The molecule has 82 heavy (non-hydrogen) atoms. The summed E-state index contributed by atoms with van der Waals surface area (Å²) in [6.45, 7) is 58.9. The molecule has 0 saturated carbocycles. The van der Waals surface area contributed by atoms with Gasteiger partial charge in [0.25, 0.3) is 11.6 Å². The van der Waals surface area contributed by atoms with Gasteiger partial charge in [-0.05, 0) is 92.4 Å². The second kappa shape index (κ2) is 31.4. The summed E-state index contributed by atoms with van der Waals surface area (Å²) < 4.78 is 26.5. The van der Waals surface area contributed by atoms with E-state index in [-0.39, 0.29) is 0 Å². The third kappa shape index (κ3) is 18.4. The predicted octanol–water partition coefficient (Wildman–Crippen LogP) is 8.41. The standard InChI is InChI=1S/C11H18N.3C9H15N2.C8H16N2.C7H12NO.C7H12NS.C6H12N3/c1-7-8(2)10(4)12(6)11(5)9(7)3;1-6-8(3)11(5)9(4)7(2)10-6;1-6-7(2)10-9(4)11(5)8(6)3;1-6-7(2)9(4)11(5)10-8(6)3;1-6-7(2)10(5)8(3)9(6)4;2*1-5-6(2)9-7(3)8(5)4;1-5-7-9(4)6(2)8(5)3/h1-6H3;3*1-5H3;8H,1-5H3;3*1-4H3/q4*+1;+2;3*+1. The molecule has 0 fully saturated rings. The Morgan fingerprint density at radius 3 is 1.11 bits per heavy atom. The molecule has 8 rings (SSSR count). The Morgan fingerprint density at radius 2 is 0.817 bits per heavy atom. The summed E-state index contributed by atoms with van der Waals surface area (Å²) in [7, 11) is 20.6. The number of nitrogens with zero attached hydrogens (tertiary/aromatic N) is 14. The topological polar surface area (TPSA) is 103 Å². The van der Waals surface area contributed by atoms with E-state index in [1.54, 1.807) is 0 Å². The molecule has 1 aliphatic rings. The molecule has 16 heteroatoms. The van der Waals surface area contributed by atoms with E-state index in [1.165, 1.54) is 106 Å². The molecule has 1 aliphatic heterocycles. The van der Waals surface area contributed by atoms with E-state index < -0.39 is 0 Å². The molecule has 0 aliphatic carbocycles. The van der Waals surface area contributed by atoms with E-state index >= 15 is 0 Å². The first-order chi connectivity index (χ1) is 37.5. The van der Waals surface area contributed by atoms with Gasteiger partial charge in [0.15, 0.2) is 47.0 Å². The Hall–Kier alpha value is -6.29. The molecule has 452 valence electrons. The highest BCUT2D eigenvalue weighted by atomic mass is 32.1. The van der Waals surface area contributed by atoms with Crippen molar-refractivity contribution >= 4 is 22.8 Å². The maximum absolute atomic E-state index is 5.31. The molecule has 0 N–H and O–H groups in total. The van der Waals surface area contributed by atoms with Crippen molar-refractivity contribution in [3.8, 4) is 0 Å². The van der Waals surface area contributed by atoms with Gasteiger partial charge in [0, 0.05) is 131 Å². The normalized spacial score (nSPS) is 11.6. The van der Waals surface area contributed by atoms with Gasteiger partial charge in [-0.3, -0.25) is 0 Å². The van der Waals surface area contributed by atoms with Crippen LogP contribution >= 0.6 is 11.3 Å². The zero-order chi connectivity index (χ0) is 64.2. The van der Waals surface area contributed by atoms with Crippen molar-refractivity contribution in [3.05, 3.63) is 141 Å². The molecule has 0 saturated heterocycles. The van der Waals surface area contributed by atoms with Crippen molar-refractivity contribution < 1.29 is 45.7 Å². The van der Waals surface area contributed by atoms with Crippen molar-refractivity contribution in [1.82, 2.24) is 24.8 Å².